The van der Waals surface area contributed by atoms with Crippen molar-refractivity contribution in [2.24, 2.45) is 5.92 Å². The predicted octanol–water partition coefficient (Wildman–Crippen LogP) is 5.02. The van der Waals surface area contributed by atoms with Gasteiger partial charge in [0.2, 0.25) is 5.91 Å². The fourth-order valence-electron chi connectivity index (χ4n) is 5.67. The maximum Gasteiger partial charge on any atom is 0.226 e. The number of likely N-dealkylation sites (tertiary alicyclic amines) is 1. The van der Waals surface area contributed by atoms with Gasteiger partial charge in [0.05, 0.1) is 12.6 Å². The molecule has 2 aromatic carbocycles. The number of benzene rings is 2. The van der Waals surface area contributed by atoms with Crippen LogP contribution in [-0.2, 0) is 17.8 Å². The number of hydrogen-bond donors (Lipinski definition) is 1. The molecule has 1 aliphatic carbocycles. The summed E-state index contributed by atoms with van der Waals surface area (Å²) in [4.78, 5) is 15.6. The van der Waals surface area contributed by atoms with Crippen LogP contribution in [0.2, 0.25) is 0 Å². The third-order valence-electron chi connectivity index (χ3n) is 7.32. The summed E-state index contributed by atoms with van der Waals surface area (Å²) in [6, 6.07) is 17.6. The molecule has 31 heavy (non-hydrogen) atoms. The predicted molar refractivity (Wildman–Crippen MR) is 123 cm³/mol. The number of carbonyl (C=O) groups excluding carboxylic acids is 1. The summed E-state index contributed by atoms with van der Waals surface area (Å²) in [6.45, 7) is 2.51. The van der Waals surface area contributed by atoms with Crippen LogP contribution in [0.3, 0.4) is 0 Å². The van der Waals surface area contributed by atoms with Crippen molar-refractivity contribution in [3.8, 4) is 5.75 Å². The largest absolute Gasteiger partial charge is 0.493 e. The molecule has 0 spiro atoms. The Morgan fingerprint density at radius 1 is 1.00 bits per heavy atom. The van der Waals surface area contributed by atoms with Crippen LogP contribution in [0.25, 0.3) is 0 Å². The molecule has 2 unspecified atom stereocenters. The molecule has 2 fully saturated rings. The number of ether oxygens (including phenoxy) is 1. The van der Waals surface area contributed by atoms with Gasteiger partial charge in [-0.1, -0.05) is 61.7 Å². The van der Waals surface area contributed by atoms with E-state index in [1.165, 1.54) is 36.0 Å². The average molecular weight is 419 g/mol. The van der Waals surface area contributed by atoms with E-state index >= 15 is 0 Å². The number of aryl methyl sites for hydroxylation is 1. The van der Waals surface area contributed by atoms with Crippen molar-refractivity contribution < 1.29 is 9.53 Å². The van der Waals surface area contributed by atoms with Crippen molar-refractivity contribution in [3.63, 3.8) is 0 Å². The number of amides is 1. The minimum absolute atomic E-state index is 0.122. The molecule has 3 aliphatic rings. The number of fused-ring (bicyclic) bond motifs is 1. The summed E-state index contributed by atoms with van der Waals surface area (Å²) in [5.74, 6) is 1.64. The summed E-state index contributed by atoms with van der Waals surface area (Å²) in [6.07, 6.45) is 9.00. The van der Waals surface area contributed by atoms with E-state index < -0.39 is 0 Å². The molecule has 1 saturated carbocycles. The molecule has 2 heterocycles. The first-order valence-corrected chi connectivity index (χ1v) is 12.1. The second-order valence-electron chi connectivity index (χ2n) is 9.39. The summed E-state index contributed by atoms with van der Waals surface area (Å²) >= 11 is 0. The van der Waals surface area contributed by atoms with Crippen LogP contribution in [-0.4, -0.2) is 30.0 Å². The molecule has 164 valence electrons. The van der Waals surface area contributed by atoms with Crippen molar-refractivity contribution in [1.82, 2.24) is 10.2 Å². The van der Waals surface area contributed by atoms with Crippen LogP contribution in [0, 0.1) is 5.92 Å². The Morgan fingerprint density at radius 3 is 2.68 bits per heavy atom. The van der Waals surface area contributed by atoms with Gasteiger partial charge in [0.25, 0.3) is 0 Å². The molecule has 0 aromatic heterocycles. The second kappa shape index (κ2) is 9.44. The number of hydrogen-bond acceptors (Lipinski definition) is 3. The minimum atomic E-state index is 0.122. The van der Waals surface area contributed by atoms with Crippen LogP contribution in [0.15, 0.2) is 48.5 Å². The fourth-order valence-corrected chi connectivity index (χ4v) is 5.67. The lowest BCUT2D eigenvalue weighted by Crippen LogP contribution is -2.41. The lowest BCUT2D eigenvalue weighted by atomic mass is 9.87. The first kappa shape index (κ1) is 20.6. The van der Waals surface area contributed by atoms with Crippen LogP contribution in [0.1, 0.15) is 67.7 Å². The van der Waals surface area contributed by atoms with Gasteiger partial charge >= 0.3 is 0 Å². The summed E-state index contributed by atoms with van der Waals surface area (Å²) < 4.78 is 5.76. The van der Waals surface area contributed by atoms with Crippen LogP contribution in [0.4, 0.5) is 0 Å². The van der Waals surface area contributed by atoms with E-state index in [1.54, 1.807) is 0 Å². The van der Waals surface area contributed by atoms with Gasteiger partial charge in [-0.2, -0.15) is 0 Å². The second-order valence-corrected chi connectivity index (χ2v) is 9.39. The molecule has 1 amide bonds. The molecule has 5 rings (SSSR count). The van der Waals surface area contributed by atoms with E-state index in [4.69, 9.17) is 4.74 Å². The molecule has 2 aromatic rings. The van der Waals surface area contributed by atoms with E-state index in [1.807, 2.05) is 0 Å². The maximum atomic E-state index is 13.4. The van der Waals surface area contributed by atoms with E-state index in [2.05, 4.69) is 58.7 Å². The van der Waals surface area contributed by atoms with Crippen molar-refractivity contribution in [1.29, 1.82) is 0 Å². The number of carbonyl (C=O) groups is 1. The van der Waals surface area contributed by atoms with Gasteiger partial charge in [0.15, 0.2) is 0 Å². The standard InChI is InChI=1S/C27H34N2O2/c30-27(22-10-5-2-6-11-22)29-16-15-24(26(29)21-8-3-1-4-9-21)28-19-20-13-14-25-23(18-20)12-7-17-31-25/h1,3-4,8-9,13-14,18,22,24,26,28H,2,5-7,10-12,15-17,19H2. The Hall–Kier alpha value is -2.33. The monoisotopic (exact) mass is 418 g/mol. The zero-order valence-corrected chi connectivity index (χ0v) is 18.4. The van der Waals surface area contributed by atoms with Crippen LogP contribution < -0.4 is 10.1 Å². The van der Waals surface area contributed by atoms with Gasteiger partial charge in [-0.3, -0.25) is 4.79 Å². The topological polar surface area (TPSA) is 41.6 Å². The Balaban J connectivity index is 1.32. The molecule has 1 N–H and O–H groups in total. The zero-order chi connectivity index (χ0) is 21.0. The summed E-state index contributed by atoms with van der Waals surface area (Å²) in [5.41, 5.74) is 3.87. The van der Waals surface area contributed by atoms with Crippen LogP contribution in [0.5, 0.6) is 5.75 Å². The first-order chi connectivity index (χ1) is 15.3. The fraction of sp³-hybridized carbons (Fsp3) is 0.519. The molecular weight excluding hydrogens is 384 g/mol. The van der Waals surface area contributed by atoms with Gasteiger partial charge < -0.3 is 15.0 Å². The molecular formula is C27H34N2O2. The molecule has 4 heteroatoms. The maximum absolute atomic E-state index is 13.4. The molecule has 2 atom stereocenters. The quantitative estimate of drug-likeness (QED) is 0.741. The molecule has 4 nitrogen and oxygen atoms in total. The van der Waals surface area contributed by atoms with Crippen molar-refractivity contribution in [2.45, 2.75) is 70.0 Å². The van der Waals surface area contributed by atoms with Gasteiger partial charge in [-0.05, 0) is 54.9 Å². The molecule has 1 saturated heterocycles. The van der Waals surface area contributed by atoms with Gasteiger partial charge in [0.1, 0.15) is 5.75 Å². The first-order valence-electron chi connectivity index (χ1n) is 12.1. The Labute approximate surface area is 186 Å². The van der Waals surface area contributed by atoms with E-state index in [-0.39, 0.29) is 18.0 Å². The Bertz CT molecular complexity index is 891. The van der Waals surface area contributed by atoms with E-state index in [0.717, 1.165) is 57.6 Å². The highest BCUT2D eigenvalue weighted by molar-refractivity contribution is 5.80. The number of nitrogens with zero attached hydrogens (tertiary/aromatic N) is 1. The SMILES string of the molecule is O=C(C1CCCCC1)N1CCC(NCc2ccc3c(c2)CCCO3)C1c1ccccc1. The highest BCUT2D eigenvalue weighted by Crippen LogP contribution is 2.36. The van der Waals surface area contributed by atoms with E-state index in [9.17, 15) is 4.79 Å². The summed E-state index contributed by atoms with van der Waals surface area (Å²) in [5, 5.41) is 3.81. The minimum Gasteiger partial charge on any atom is -0.493 e. The van der Waals surface area contributed by atoms with Crippen molar-refractivity contribution in [3.05, 3.63) is 65.2 Å². The van der Waals surface area contributed by atoms with Crippen molar-refractivity contribution >= 4 is 5.91 Å². The number of nitrogens with one attached hydrogen (secondary N) is 1. The smallest absolute Gasteiger partial charge is 0.226 e. The van der Waals surface area contributed by atoms with Gasteiger partial charge in [-0.15, -0.1) is 0 Å². The highest BCUT2D eigenvalue weighted by atomic mass is 16.5. The van der Waals surface area contributed by atoms with Gasteiger partial charge in [0, 0.05) is 25.0 Å². The Morgan fingerprint density at radius 2 is 1.84 bits per heavy atom. The normalized spacial score (nSPS) is 23.9. The Kier molecular flexibility index (Phi) is 6.26. The zero-order valence-electron chi connectivity index (χ0n) is 18.4. The molecule has 0 radical (unpaired) electrons. The third-order valence-corrected chi connectivity index (χ3v) is 7.32. The average Bonchev–Trinajstić information content (AvgIpc) is 3.27. The molecule has 0 bridgehead atoms. The summed E-state index contributed by atoms with van der Waals surface area (Å²) in [7, 11) is 0. The van der Waals surface area contributed by atoms with Crippen molar-refractivity contribution in [2.75, 3.05) is 13.2 Å². The van der Waals surface area contributed by atoms with E-state index in [0.29, 0.717) is 5.91 Å². The third kappa shape index (κ3) is 4.50. The molecule has 2 aliphatic heterocycles. The highest BCUT2D eigenvalue weighted by Gasteiger charge is 2.40. The van der Waals surface area contributed by atoms with Gasteiger partial charge in [-0.25, -0.2) is 0 Å². The lowest BCUT2D eigenvalue weighted by molar-refractivity contribution is -0.137. The van der Waals surface area contributed by atoms with Crippen LogP contribution >= 0.6 is 0 Å². The number of rotatable bonds is 5. The lowest BCUT2D eigenvalue weighted by Gasteiger charge is -2.33.